The summed E-state index contributed by atoms with van der Waals surface area (Å²) in [7, 11) is 0. The highest BCUT2D eigenvalue weighted by molar-refractivity contribution is 6.34. The standard InChI is InChI=1S/C24H17N5O3/c30-22(17-10-8-16(9-11-17)13-28-15-25-14-26-28)27-18-4-3-5-19(12-18)29-23(31)20-6-1-2-7-21(20)24(29)32/h1-12,14-15H,13H2,(H,27,30). The van der Waals surface area contributed by atoms with Gasteiger partial charge in [0.2, 0.25) is 0 Å². The van der Waals surface area contributed by atoms with Crippen LogP contribution in [-0.4, -0.2) is 32.5 Å². The van der Waals surface area contributed by atoms with Gasteiger partial charge in [-0.05, 0) is 48.0 Å². The lowest BCUT2D eigenvalue weighted by molar-refractivity contribution is 0.0925. The summed E-state index contributed by atoms with van der Waals surface area (Å²) in [5, 5.41) is 6.89. The summed E-state index contributed by atoms with van der Waals surface area (Å²) in [4.78, 5) is 43.2. The van der Waals surface area contributed by atoms with E-state index in [2.05, 4.69) is 15.4 Å². The van der Waals surface area contributed by atoms with Crippen molar-refractivity contribution >= 4 is 29.1 Å². The van der Waals surface area contributed by atoms with Crippen molar-refractivity contribution in [2.24, 2.45) is 0 Å². The summed E-state index contributed by atoms with van der Waals surface area (Å²) in [6.07, 6.45) is 3.10. The SMILES string of the molecule is O=C(Nc1cccc(N2C(=O)c3ccccc3C2=O)c1)c1ccc(Cn2cncn2)cc1. The predicted molar refractivity (Wildman–Crippen MR) is 118 cm³/mol. The van der Waals surface area contributed by atoms with Crippen LogP contribution in [0, 0.1) is 0 Å². The molecule has 5 rings (SSSR count). The second kappa shape index (κ2) is 7.92. The number of nitrogens with zero attached hydrogens (tertiary/aromatic N) is 4. The molecule has 3 aromatic carbocycles. The number of carbonyl (C=O) groups is 3. The highest BCUT2D eigenvalue weighted by atomic mass is 16.2. The van der Waals surface area contributed by atoms with E-state index in [1.54, 1.807) is 71.7 Å². The lowest BCUT2D eigenvalue weighted by Crippen LogP contribution is -2.29. The van der Waals surface area contributed by atoms with E-state index in [-0.39, 0.29) is 17.7 Å². The number of nitrogens with one attached hydrogen (secondary N) is 1. The van der Waals surface area contributed by atoms with Crippen LogP contribution in [0.1, 0.15) is 36.6 Å². The second-order valence-electron chi connectivity index (χ2n) is 7.29. The molecule has 0 saturated heterocycles. The van der Waals surface area contributed by atoms with Gasteiger partial charge in [-0.1, -0.05) is 30.3 Å². The van der Waals surface area contributed by atoms with Gasteiger partial charge in [0.1, 0.15) is 12.7 Å². The van der Waals surface area contributed by atoms with Gasteiger partial charge < -0.3 is 5.32 Å². The summed E-state index contributed by atoms with van der Waals surface area (Å²) in [6, 6.07) is 20.6. The molecular weight excluding hydrogens is 406 g/mol. The van der Waals surface area contributed by atoms with Gasteiger partial charge in [0.15, 0.2) is 0 Å². The number of hydrogen-bond donors (Lipinski definition) is 1. The molecule has 1 aliphatic rings. The van der Waals surface area contributed by atoms with Crippen molar-refractivity contribution in [3.63, 3.8) is 0 Å². The zero-order chi connectivity index (χ0) is 22.1. The fourth-order valence-corrected chi connectivity index (χ4v) is 3.61. The molecule has 3 amide bonds. The number of rotatable bonds is 5. The van der Waals surface area contributed by atoms with Gasteiger partial charge in [-0.25, -0.2) is 14.6 Å². The molecule has 0 unspecified atom stereocenters. The fourth-order valence-electron chi connectivity index (χ4n) is 3.61. The molecule has 0 radical (unpaired) electrons. The molecule has 0 atom stereocenters. The van der Waals surface area contributed by atoms with Crippen LogP contribution in [0.4, 0.5) is 11.4 Å². The number of amides is 3. The van der Waals surface area contributed by atoms with E-state index in [1.165, 1.54) is 6.33 Å². The molecule has 0 spiro atoms. The largest absolute Gasteiger partial charge is 0.322 e. The zero-order valence-electron chi connectivity index (χ0n) is 16.8. The third-order valence-corrected chi connectivity index (χ3v) is 5.18. The van der Waals surface area contributed by atoms with Gasteiger partial charge >= 0.3 is 0 Å². The van der Waals surface area contributed by atoms with Crippen LogP contribution in [0.15, 0.2) is 85.5 Å². The molecule has 4 aromatic rings. The molecule has 1 aromatic heterocycles. The first-order chi connectivity index (χ1) is 15.6. The number of aromatic nitrogens is 3. The predicted octanol–water partition coefficient (Wildman–Crippen LogP) is 3.38. The maximum absolute atomic E-state index is 12.7. The minimum absolute atomic E-state index is 0.295. The van der Waals surface area contributed by atoms with E-state index in [0.717, 1.165) is 10.5 Å². The molecule has 0 bridgehead atoms. The molecule has 0 fully saturated rings. The van der Waals surface area contributed by atoms with Gasteiger partial charge in [0.25, 0.3) is 17.7 Å². The zero-order valence-corrected chi connectivity index (χ0v) is 16.8. The first-order valence-electron chi connectivity index (χ1n) is 9.91. The van der Waals surface area contributed by atoms with E-state index in [0.29, 0.717) is 34.6 Å². The molecule has 2 heterocycles. The van der Waals surface area contributed by atoms with Crippen LogP contribution in [0.25, 0.3) is 0 Å². The molecule has 1 N–H and O–H groups in total. The van der Waals surface area contributed by atoms with Crippen molar-refractivity contribution in [1.29, 1.82) is 0 Å². The maximum atomic E-state index is 12.7. The fraction of sp³-hybridized carbons (Fsp3) is 0.0417. The Balaban J connectivity index is 1.32. The smallest absolute Gasteiger partial charge is 0.266 e. The van der Waals surface area contributed by atoms with Gasteiger partial charge in [-0.15, -0.1) is 0 Å². The average molecular weight is 423 g/mol. The van der Waals surface area contributed by atoms with E-state index in [1.807, 2.05) is 12.1 Å². The Labute approximate surface area is 183 Å². The highest BCUT2D eigenvalue weighted by Crippen LogP contribution is 2.29. The van der Waals surface area contributed by atoms with Gasteiger partial charge in [0.05, 0.1) is 23.4 Å². The van der Waals surface area contributed by atoms with Crippen molar-refractivity contribution in [3.8, 4) is 0 Å². The molecule has 8 heteroatoms. The van der Waals surface area contributed by atoms with Crippen molar-refractivity contribution in [3.05, 3.63) is 108 Å². The van der Waals surface area contributed by atoms with Crippen molar-refractivity contribution < 1.29 is 14.4 Å². The topological polar surface area (TPSA) is 97.2 Å². The number of fused-ring (bicyclic) bond motifs is 1. The summed E-state index contributed by atoms with van der Waals surface area (Å²) < 4.78 is 1.69. The average Bonchev–Trinajstić information content (AvgIpc) is 3.41. The summed E-state index contributed by atoms with van der Waals surface area (Å²) in [5.41, 5.74) is 3.10. The number of imide groups is 1. The second-order valence-corrected chi connectivity index (χ2v) is 7.29. The molecule has 32 heavy (non-hydrogen) atoms. The Hall–Kier alpha value is -4.59. The van der Waals surface area contributed by atoms with E-state index < -0.39 is 0 Å². The van der Waals surface area contributed by atoms with Gasteiger partial charge in [-0.3, -0.25) is 14.4 Å². The highest BCUT2D eigenvalue weighted by Gasteiger charge is 2.36. The monoisotopic (exact) mass is 423 g/mol. The molecule has 0 saturated carbocycles. The minimum Gasteiger partial charge on any atom is -0.322 e. The summed E-state index contributed by atoms with van der Waals surface area (Å²) >= 11 is 0. The van der Waals surface area contributed by atoms with E-state index in [4.69, 9.17) is 0 Å². The van der Waals surface area contributed by atoms with Crippen molar-refractivity contribution in [1.82, 2.24) is 14.8 Å². The van der Waals surface area contributed by atoms with Crippen LogP contribution in [0.5, 0.6) is 0 Å². The first-order valence-corrected chi connectivity index (χ1v) is 9.91. The van der Waals surface area contributed by atoms with Crippen LogP contribution in [-0.2, 0) is 6.54 Å². The first kappa shape index (κ1) is 19.4. The van der Waals surface area contributed by atoms with Gasteiger partial charge in [-0.2, -0.15) is 5.10 Å². The molecule has 156 valence electrons. The minimum atomic E-state index is -0.378. The summed E-state index contributed by atoms with van der Waals surface area (Å²) in [6.45, 7) is 0.560. The van der Waals surface area contributed by atoms with E-state index in [9.17, 15) is 14.4 Å². The van der Waals surface area contributed by atoms with Crippen molar-refractivity contribution in [2.45, 2.75) is 6.54 Å². The molecule has 8 nitrogen and oxygen atoms in total. The third kappa shape index (κ3) is 3.54. The third-order valence-electron chi connectivity index (χ3n) is 5.18. The lowest BCUT2D eigenvalue weighted by Gasteiger charge is -2.15. The Kier molecular flexibility index (Phi) is 4.79. The Morgan fingerprint density at radius 1 is 0.875 bits per heavy atom. The Bertz CT molecular complexity index is 1300. The van der Waals surface area contributed by atoms with Crippen LogP contribution >= 0.6 is 0 Å². The molecule has 1 aliphatic heterocycles. The number of hydrogen-bond acceptors (Lipinski definition) is 5. The van der Waals surface area contributed by atoms with Gasteiger partial charge in [0, 0.05) is 11.3 Å². The normalized spacial score (nSPS) is 12.7. The van der Waals surface area contributed by atoms with Crippen LogP contribution in [0.3, 0.4) is 0 Å². The number of carbonyl (C=O) groups excluding carboxylic acids is 3. The molecular formula is C24H17N5O3. The Morgan fingerprint density at radius 3 is 2.25 bits per heavy atom. The van der Waals surface area contributed by atoms with Crippen LogP contribution < -0.4 is 10.2 Å². The van der Waals surface area contributed by atoms with E-state index >= 15 is 0 Å². The number of anilines is 2. The number of benzene rings is 3. The maximum Gasteiger partial charge on any atom is 0.266 e. The van der Waals surface area contributed by atoms with Crippen LogP contribution in [0.2, 0.25) is 0 Å². The molecule has 0 aliphatic carbocycles. The quantitative estimate of drug-likeness (QED) is 0.497. The Morgan fingerprint density at radius 2 is 1.59 bits per heavy atom. The van der Waals surface area contributed by atoms with Crippen molar-refractivity contribution in [2.75, 3.05) is 10.2 Å². The summed E-state index contributed by atoms with van der Waals surface area (Å²) in [5.74, 6) is -1.05. The lowest BCUT2D eigenvalue weighted by atomic mass is 10.1.